The number of esters is 1. The van der Waals surface area contributed by atoms with Gasteiger partial charge in [-0.15, -0.1) is 15.3 Å². The van der Waals surface area contributed by atoms with Gasteiger partial charge in [0.2, 0.25) is 5.16 Å². The third-order valence-corrected chi connectivity index (χ3v) is 3.07. The van der Waals surface area contributed by atoms with Crippen LogP contribution in [0.2, 0.25) is 0 Å². The molecule has 21 heavy (non-hydrogen) atoms. The highest BCUT2D eigenvalue weighted by Crippen LogP contribution is 2.23. The molecule has 0 atom stereocenters. The summed E-state index contributed by atoms with van der Waals surface area (Å²) in [6.07, 6.45) is 0. The summed E-state index contributed by atoms with van der Waals surface area (Å²) in [5.41, 5.74) is 1.40. The summed E-state index contributed by atoms with van der Waals surface area (Å²) in [5.74, 6) is -0.859. The highest BCUT2D eigenvalue weighted by Gasteiger charge is 2.17. The van der Waals surface area contributed by atoms with E-state index in [4.69, 9.17) is 9.15 Å². The molecule has 0 aliphatic heterocycles. The number of para-hydroxylation sites is 1. The molecule has 0 amide bonds. The van der Waals surface area contributed by atoms with Gasteiger partial charge in [-0.1, -0.05) is 17.2 Å². The van der Waals surface area contributed by atoms with Gasteiger partial charge in [-0.25, -0.2) is 9.78 Å². The Balaban J connectivity index is 1.80. The van der Waals surface area contributed by atoms with E-state index >= 15 is 0 Å². The summed E-state index contributed by atoms with van der Waals surface area (Å²) in [6.45, 7) is 1.93. The highest BCUT2D eigenvalue weighted by atomic mass is 32.2. The van der Waals surface area contributed by atoms with Crippen LogP contribution in [0.5, 0.6) is 0 Å². The summed E-state index contributed by atoms with van der Waals surface area (Å²) >= 11 is 1.03. The number of fused-ring (bicyclic) bond motifs is 1. The lowest BCUT2D eigenvalue weighted by Crippen LogP contribution is -2.04. The molecule has 0 N–H and O–H groups in total. The van der Waals surface area contributed by atoms with Crippen LogP contribution in [0.15, 0.2) is 39.1 Å². The minimum absolute atomic E-state index is 0.148. The monoisotopic (exact) mass is 303 g/mol. The molecule has 9 heteroatoms. The van der Waals surface area contributed by atoms with Gasteiger partial charge in [0, 0.05) is 11.8 Å². The molecule has 1 aromatic carbocycles. The van der Waals surface area contributed by atoms with Crippen LogP contribution < -0.4 is 0 Å². The van der Waals surface area contributed by atoms with E-state index in [1.54, 1.807) is 6.92 Å². The molecule has 0 saturated carbocycles. The van der Waals surface area contributed by atoms with Crippen LogP contribution in [-0.4, -0.2) is 38.0 Å². The van der Waals surface area contributed by atoms with Crippen LogP contribution >= 0.6 is 11.8 Å². The van der Waals surface area contributed by atoms with Gasteiger partial charge in [0.15, 0.2) is 0 Å². The molecule has 0 bridgehead atoms. The first-order valence-corrected chi connectivity index (χ1v) is 6.86. The Morgan fingerprint density at radius 3 is 2.81 bits per heavy atom. The van der Waals surface area contributed by atoms with Crippen molar-refractivity contribution in [2.45, 2.75) is 17.3 Å². The van der Waals surface area contributed by atoms with Gasteiger partial charge >= 0.3 is 11.9 Å². The van der Waals surface area contributed by atoms with E-state index in [0.29, 0.717) is 16.2 Å². The second kappa shape index (κ2) is 5.83. The van der Waals surface area contributed by atoms with E-state index < -0.39 is 5.97 Å². The van der Waals surface area contributed by atoms with Crippen molar-refractivity contribution in [3.63, 3.8) is 0 Å². The fourth-order valence-electron chi connectivity index (χ4n) is 1.51. The SMILES string of the molecule is CCOC(=O)c1nnc(Sc2nnc3ccccc3n2)o1. The lowest BCUT2D eigenvalue weighted by Gasteiger charge is -1.97. The molecule has 8 nitrogen and oxygen atoms in total. The quantitative estimate of drug-likeness (QED) is 0.666. The van der Waals surface area contributed by atoms with Gasteiger partial charge in [-0.2, -0.15) is 0 Å². The van der Waals surface area contributed by atoms with Gasteiger partial charge in [0.1, 0.15) is 5.52 Å². The summed E-state index contributed by atoms with van der Waals surface area (Å²) in [7, 11) is 0. The van der Waals surface area contributed by atoms with Crippen LogP contribution in [0.3, 0.4) is 0 Å². The normalized spacial score (nSPS) is 10.7. The zero-order valence-corrected chi connectivity index (χ0v) is 11.7. The lowest BCUT2D eigenvalue weighted by molar-refractivity contribution is 0.0475. The van der Waals surface area contributed by atoms with Crippen molar-refractivity contribution < 1.29 is 13.9 Å². The van der Waals surface area contributed by atoms with E-state index in [1.807, 2.05) is 24.3 Å². The van der Waals surface area contributed by atoms with Gasteiger partial charge in [-0.05, 0) is 19.1 Å². The Labute approximate surface area is 122 Å². The van der Waals surface area contributed by atoms with Crippen LogP contribution in [-0.2, 0) is 4.74 Å². The third kappa shape index (κ3) is 2.97. The van der Waals surface area contributed by atoms with E-state index in [2.05, 4.69) is 25.4 Å². The minimum Gasteiger partial charge on any atom is -0.459 e. The largest absolute Gasteiger partial charge is 0.459 e. The first kappa shape index (κ1) is 13.4. The number of aromatic nitrogens is 5. The predicted molar refractivity (Wildman–Crippen MR) is 71.7 cm³/mol. The molecule has 0 unspecified atom stereocenters. The molecule has 0 fully saturated rings. The van der Waals surface area contributed by atoms with E-state index in [9.17, 15) is 4.79 Å². The van der Waals surface area contributed by atoms with Gasteiger partial charge < -0.3 is 9.15 Å². The number of hydrogen-bond donors (Lipinski definition) is 0. The molecule has 0 radical (unpaired) electrons. The zero-order chi connectivity index (χ0) is 14.7. The highest BCUT2D eigenvalue weighted by molar-refractivity contribution is 7.98. The second-order valence-corrected chi connectivity index (χ2v) is 4.70. The van der Waals surface area contributed by atoms with Crippen molar-refractivity contribution in [1.29, 1.82) is 0 Å². The molecule has 3 aromatic rings. The van der Waals surface area contributed by atoms with E-state index in [1.165, 1.54) is 0 Å². The molecule has 0 aliphatic rings. The van der Waals surface area contributed by atoms with Crippen LogP contribution in [0.25, 0.3) is 11.0 Å². The van der Waals surface area contributed by atoms with E-state index in [0.717, 1.165) is 11.8 Å². The van der Waals surface area contributed by atoms with Crippen LogP contribution in [0.1, 0.15) is 17.6 Å². The Hall–Kier alpha value is -2.55. The van der Waals surface area contributed by atoms with Crippen molar-refractivity contribution in [2.75, 3.05) is 6.61 Å². The summed E-state index contributed by atoms with van der Waals surface area (Å²) in [4.78, 5) is 15.7. The Kier molecular flexibility index (Phi) is 3.73. The zero-order valence-electron chi connectivity index (χ0n) is 10.9. The number of hydrogen-bond acceptors (Lipinski definition) is 9. The Morgan fingerprint density at radius 2 is 2.00 bits per heavy atom. The fourth-order valence-corrected chi connectivity index (χ4v) is 2.10. The Morgan fingerprint density at radius 1 is 1.19 bits per heavy atom. The van der Waals surface area contributed by atoms with Crippen molar-refractivity contribution in [2.24, 2.45) is 0 Å². The topological polar surface area (TPSA) is 104 Å². The maximum Gasteiger partial charge on any atom is 0.396 e. The van der Waals surface area contributed by atoms with Crippen molar-refractivity contribution in [3.05, 3.63) is 30.2 Å². The molecule has 3 rings (SSSR count). The fraction of sp³-hybridized carbons (Fsp3) is 0.167. The summed E-state index contributed by atoms with van der Waals surface area (Å²) < 4.78 is 9.93. The standard InChI is InChI=1S/C12H9N5O3S/c1-2-19-10(18)9-15-17-12(20-9)21-11-13-7-5-3-4-6-8(7)14-16-11/h3-6H,2H2,1H3. The van der Waals surface area contributed by atoms with Crippen molar-refractivity contribution >= 4 is 28.8 Å². The number of carbonyl (C=O) groups is 1. The maximum absolute atomic E-state index is 11.4. The molecule has 0 aliphatic carbocycles. The molecule has 2 heterocycles. The van der Waals surface area contributed by atoms with Crippen molar-refractivity contribution in [3.8, 4) is 0 Å². The number of nitrogens with zero attached hydrogens (tertiary/aromatic N) is 5. The average Bonchev–Trinajstić information content (AvgIpc) is 2.96. The average molecular weight is 303 g/mol. The first-order chi connectivity index (χ1) is 10.3. The predicted octanol–water partition coefficient (Wildman–Crippen LogP) is 1.74. The molecular weight excluding hydrogens is 294 g/mol. The molecule has 2 aromatic heterocycles. The minimum atomic E-state index is -0.658. The van der Waals surface area contributed by atoms with E-state index in [-0.39, 0.29) is 17.7 Å². The Bertz CT molecular complexity index is 791. The second-order valence-electron chi connectivity index (χ2n) is 3.78. The van der Waals surface area contributed by atoms with Crippen LogP contribution in [0, 0.1) is 0 Å². The number of benzene rings is 1. The van der Waals surface area contributed by atoms with Gasteiger partial charge in [0.25, 0.3) is 5.22 Å². The number of carbonyl (C=O) groups excluding carboxylic acids is 1. The van der Waals surface area contributed by atoms with Gasteiger partial charge in [0.05, 0.1) is 12.1 Å². The first-order valence-electron chi connectivity index (χ1n) is 6.04. The van der Waals surface area contributed by atoms with Crippen LogP contribution in [0.4, 0.5) is 0 Å². The molecular formula is C12H9N5O3S. The summed E-state index contributed by atoms with van der Waals surface area (Å²) in [5, 5.41) is 15.8. The maximum atomic E-state index is 11.4. The molecule has 0 spiro atoms. The number of rotatable bonds is 4. The molecule has 106 valence electrons. The lowest BCUT2D eigenvalue weighted by atomic mass is 10.3. The van der Waals surface area contributed by atoms with Gasteiger partial charge in [-0.3, -0.25) is 0 Å². The van der Waals surface area contributed by atoms with Crippen molar-refractivity contribution in [1.82, 2.24) is 25.4 Å². The molecule has 0 saturated heterocycles. The number of ether oxygens (including phenoxy) is 1. The third-order valence-electron chi connectivity index (χ3n) is 2.38. The smallest absolute Gasteiger partial charge is 0.396 e. The summed E-state index contributed by atoms with van der Waals surface area (Å²) in [6, 6.07) is 7.35.